The lowest BCUT2D eigenvalue weighted by Gasteiger charge is -2.22. The second kappa shape index (κ2) is 3.73. The molecule has 12 heavy (non-hydrogen) atoms. The molecule has 0 radical (unpaired) electrons. The van der Waals surface area contributed by atoms with E-state index < -0.39 is 0 Å². The van der Waals surface area contributed by atoms with Gasteiger partial charge in [-0.3, -0.25) is 4.90 Å². The fourth-order valence-electron chi connectivity index (χ4n) is 1.68. The average Bonchev–Trinajstić information content (AvgIpc) is 2.80. The SMILES string of the molecule is CCN(CC1OCCO1)C1CC1. The first-order valence-electron chi connectivity index (χ1n) is 4.87. The minimum absolute atomic E-state index is 0.0468. The van der Waals surface area contributed by atoms with E-state index in [0.717, 1.165) is 32.3 Å². The van der Waals surface area contributed by atoms with Crippen molar-refractivity contribution in [3.63, 3.8) is 0 Å². The Morgan fingerprint density at radius 2 is 1.92 bits per heavy atom. The quantitative estimate of drug-likeness (QED) is 0.625. The predicted octanol–water partition coefficient (Wildman–Crippen LogP) is 0.844. The van der Waals surface area contributed by atoms with Gasteiger partial charge in [-0.15, -0.1) is 0 Å². The van der Waals surface area contributed by atoms with E-state index in [0.29, 0.717) is 0 Å². The van der Waals surface area contributed by atoms with Crippen LogP contribution >= 0.6 is 0 Å². The Hall–Kier alpha value is -0.120. The molecular weight excluding hydrogens is 154 g/mol. The number of hydrogen-bond acceptors (Lipinski definition) is 3. The van der Waals surface area contributed by atoms with E-state index >= 15 is 0 Å². The fourth-order valence-corrected chi connectivity index (χ4v) is 1.68. The van der Waals surface area contributed by atoms with Crippen LogP contribution in [0.4, 0.5) is 0 Å². The Morgan fingerprint density at radius 3 is 2.42 bits per heavy atom. The molecule has 70 valence electrons. The Balaban J connectivity index is 1.74. The number of ether oxygens (including phenoxy) is 2. The maximum atomic E-state index is 5.40. The second-order valence-corrected chi connectivity index (χ2v) is 3.49. The molecule has 3 heteroatoms. The first kappa shape index (κ1) is 8.48. The molecule has 1 heterocycles. The van der Waals surface area contributed by atoms with Crippen LogP contribution in [0.3, 0.4) is 0 Å². The molecule has 0 unspecified atom stereocenters. The highest BCUT2D eigenvalue weighted by Gasteiger charge is 2.30. The Kier molecular flexibility index (Phi) is 2.63. The molecule has 0 aromatic heterocycles. The molecule has 2 rings (SSSR count). The molecule has 0 aromatic rings. The van der Waals surface area contributed by atoms with Crippen LogP contribution in [0.1, 0.15) is 19.8 Å². The summed E-state index contributed by atoms with van der Waals surface area (Å²) in [6.45, 7) is 5.82. The number of hydrogen-bond donors (Lipinski definition) is 0. The van der Waals surface area contributed by atoms with Gasteiger partial charge in [0, 0.05) is 12.6 Å². The van der Waals surface area contributed by atoms with Crippen molar-refractivity contribution in [3.8, 4) is 0 Å². The van der Waals surface area contributed by atoms with E-state index in [1.165, 1.54) is 12.8 Å². The zero-order chi connectivity index (χ0) is 8.39. The Bertz CT molecular complexity index is 141. The fraction of sp³-hybridized carbons (Fsp3) is 1.00. The molecule has 1 aliphatic heterocycles. The van der Waals surface area contributed by atoms with Crippen LogP contribution in [0.15, 0.2) is 0 Å². The van der Waals surface area contributed by atoms with Gasteiger partial charge in [-0.25, -0.2) is 0 Å². The average molecular weight is 171 g/mol. The van der Waals surface area contributed by atoms with E-state index in [1.54, 1.807) is 0 Å². The zero-order valence-corrected chi connectivity index (χ0v) is 7.66. The van der Waals surface area contributed by atoms with Crippen molar-refractivity contribution in [1.82, 2.24) is 4.90 Å². The van der Waals surface area contributed by atoms with Crippen LogP contribution in [0, 0.1) is 0 Å². The molecule has 0 N–H and O–H groups in total. The van der Waals surface area contributed by atoms with Crippen molar-refractivity contribution in [2.24, 2.45) is 0 Å². The minimum Gasteiger partial charge on any atom is -0.349 e. The minimum atomic E-state index is 0.0468. The molecule has 0 bridgehead atoms. The van der Waals surface area contributed by atoms with E-state index in [9.17, 15) is 0 Å². The van der Waals surface area contributed by atoms with Gasteiger partial charge >= 0.3 is 0 Å². The van der Waals surface area contributed by atoms with Crippen LogP contribution < -0.4 is 0 Å². The highest BCUT2D eigenvalue weighted by atomic mass is 16.7. The van der Waals surface area contributed by atoms with Gasteiger partial charge in [-0.2, -0.15) is 0 Å². The van der Waals surface area contributed by atoms with Crippen LogP contribution in [-0.4, -0.2) is 43.5 Å². The van der Waals surface area contributed by atoms with Gasteiger partial charge in [0.15, 0.2) is 6.29 Å². The molecular formula is C9H17NO2. The second-order valence-electron chi connectivity index (χ2n) is 3.49. The van der Waals surface area contributed by atoms with Gasteiger partial charge in [0.2, 0.25) is 0 Å². The van der Waals surface area contributed by atoms with Crippen molar-refractivity contribution in [1.29, 1.82) is 0 Å². The zero-order valence-electron chi connectivity index (χ0n) is 7.66. The molecule has 1 saturated heterocycles. The van der Waals surface area contributed by atoms with Crippen LogP contribution in [0.2, 0.25) is 0 Å². The van der Waals surface area contributed by atoms with Crippen LogP contribution in [0.5, 0.6) is 0 Å². The van der Waals surface area contributed by atoms with Crippen molar-refractivity contribution in [3.05, 3.63) is 0 Å². The van der Waals surface area contributed by atoms with Gasteiger partial charge < -0.3 is 9.47 Å². The van der Waals surface area contributed by atoms with E-state index in [-0.39, 0.29) is 6.29 Å². The van der Waals surface area contributed by atoms with Crippen molar-refractivity contribution < 1.29 is 9.47 Å². The van der Waals surface area contributed by atoms with Crippen molar-refractivity contribution in [2.45, 2.75) is 32.1 Å². The monoisotopic (exact) mass is 171 g/mol. The lowest BCUT2D eigenvalue weighted by Crippen LogP contribution is -2.34. The molecule has 0 atom stereocenters. The third-order valence-electron chi connectivity index (χ3n) is 2.54. The first-order chi connectivity index (χ1) is 5.90. The highest BCUT2D eigenvalue weighted by Crippen LogP contribution is 2.27. The summed E-state index contributed by atoms with van der Waals surface area (Å²) < 4.78 is 10.8. The molecule has 1 aliphatic carbocycles. The lowest BCUT2D eigenvalue weighted by atomic mass is 10.4. The Morgan fingerprint density at radius 1 is 1.25 bits per heavy atom. The maximum absolute atomic E-state index is 5.40. The summed E-state index contributed by atoms with van der Waals surface area (Å²) in [7, 11) is 0. The summed E-state index contributed by atoms with van der Waals surface area (Å²) in [5.41, 5.74) is 0. The molecule has 0 aromatic carbocycles. The topological polar surface area (TPSA) is 21.7 Å². The van der Waals surface area contributed by atoms with E-state index in [2.05, 4.69) is 11.8 Å². The van der Waals surface area contributed by atoms with Crippen LogP contribution in [0.25, 0.3) is 0 Å². The first-order valence-corrected chi connectivity index (χ1v) is 4.87. The van der Waals surface area contributed by atoms with Gasteiger partial charge in [0.1, 0.15) is 0 Å². The molecule has 2 fully saturated rings. The largest absolute Gasteiger partial charge is 0.349 e. The van der Waals surface area contributed by atoms with Gasteiger partial charge in [-0.1, -0.05) is 6.92 Å². The molecule has 3 nitrogen and oxygen atoms in total. The van der Waals surface area contributed by atoms with Gasteiger partial charge in [-0.05, 0) is 19.4 Å². The van der Waals surface area contributed by atoms with E-state index in [4.69, 9.17) is 9.47 Å². The highest BCUT2D eigenvalue weighted by molar-refractivity contribution is 4.84. The van der Waals surface area contributed by atoms with Crippen LogP contribution in [-0.2, 0) is 9.47 Å². The summed E-state index contributed by atoms with van der Waals surface area (Å²) in [5, 5.41) is 0. The third-order valence-corrected chi connectivity index (χ3v) is 2.54. The standard InChI is InChI=1S/C9H17NO2/c1-2-10(8-3-4-8)7-9-11-5-6-12-9/h8-9H,2-7H2,1H3. The maximum Gasteiger partial charge on any atom is 0.170 e. The molecule has 2 aliphatic rings. The molecule has 0 amide bonds. The van der Waals surface area contributed by atoms with Gasteiger partial charge in [0.05, 0.1) is 13.2 Å². The summed E-state index contributed by atoms with van der Waals surface area (Å²) >= 11 is 0. The summed E-state index contributed by atoms with van der Waals surface area (Å²) in [4.78, 5) is 2.45. The number of likely N-dealkylation sites (N-methyl/N-ethyl adjacent to an activating group) is 1. The number of rotatable bonds is 4. The predicted molar refractivity (Wildman–Crippen MR) is 46.0 cm³/mol. The summed E-state index contributed by atoms with van der Waals surface area (Å²) in [6.07, 6.45) is 2.77. The van der Waals surface area contributed by atoms with Crippen molar-refractivity contribution in [2.75, 3.05) is 26.3 Å². The lowest BCUT2D eigenvalue weighted by molar-refractivity contribution is -0.0625. The molecule has 0 spiro atoms. The number of nitrogens with zero attached hydrogens (tertiary/aromatic N) is 1. The van der Waals surface area contributed by atoms with E-state index in [1.807, 2.05) is 0 Å². The normalized spacial score (nSPS) is 25.5. The molecule has 1 saturated carbocycles. The Labute approximate surface area is 73.6 Å². The van der Waals surface area contributed by atoms with Gasteiger partial charge in [0.25, 0.3) is 0 Å². The van der Waals surface area contributed by atoms with Crippen molar-refractivity contribution >= 4 is 0 Å². The third kappa shape index (κ3) is 1.97. The summed E-state index contributed by atoms with van der Waals surface area (Å²) in [6, 6.07) is 0.822. The smallest absolute Gasteiger partial charge is 0.170 e. The summed E-state index contributed by atoms with van der Waals surface area (Å²) in [5.74, 6) is 0.